The van der Waals surface area contributed by atoms with Crippen LogP contribution in [0.15, 0.2) is 71.1 Å². The Hall–Kier alpha value is -3.34. The molecule has 0 saturated carbocycles. The van der Waals surface area contributed by atoms with E-state index < -0.39 is 10.0 Å². The van der Waals surface area contributed by atoms with Crippen molar-refractivity contribution in [3.05, 3.63) is 71.7 Å². The number of hydrogen-bond donors (Lipinski definition) is 2. The van der Waals surface area contributed by atoms with Gasteiger partial charge in [-0.3, -0.25) is 4.72 Å². The number of nitrogens with one attached hydrogen (secondary N) is 2. The number of hydrogen-bond acceptors (Lipinski definition) is 8. The summed E-state index contributed by atoms with van der Waals surface area (Å²) in [6.07, 6.45) is 0. The lowest BCUT2D eigenvalue weighted by atomic mass is 10.2. The quantitative estimate of drug-likeness (QED) is 0.337. The fourth-order valence-electron chi connectivity index (χ4n) is 3.59. The minimum atomic E-state index is -3.71. The van der Waals surface area contributed by atoms with E-state index in [9.17, 15) is 8.42 Å². The highest BCUT2D eigenvalue weighted by Crippen LogP contribution is 2.38. The van der Waals surface area contributed by atoms with Crippen LogP contribution in [0.4, 0.5) is 5.69 Å². The number of anilines is 1. The number of sulfonamides is 1. The van der Waals surface area contributed by atoms with Gasteiger partial charge in [0.2, 0.25) is 5.75 Å². The van der Waals surface area contributed by atoms with E-state index in [1.54, 1.807) is 29.8 Å². The van der Waals surface area contributed by atoms with E-state index >= 15 is 0 Å². The molecule has 5 rings (SSSR count). The fraction of sp³-hybridized carbons (Fsp3) is 0.208. The Morgan fingerprint density at radius 2 is 1.91 bits per heavy atom. The molecule has 4 aromatic rings. The van der Waals surface area contributed by atoms with Crippen molar-refractivity contribution in [1.29, 1.82) is 0 Å². The Labute approximate surface area is 201 Å². The van der Waals surface area contributed by atoms with Gasteiger partial charge in [-0.05, 0) is 48.0 Å². The fourth-order valence-corrected chi connectivity index (χ4v) is 5.32. The van der Waals surface area contributed by atoms with Crippen LogP contribution in [0.25, 0.3) is 10.2 Å². The normalized spacial score (nSPS) is 13.1. The third kappa shape index (κ3) is 5.09. The summed E-state index contributed by atoms with van der Waals surface area (Å²) in [5.41, 5.74) is 3.82. The predicted molar refractivity (Wildman–Crippen MR) is 132 cm³/mol. The van der Waals surface area contributed by atoms with Gasteiger partial charge in [0.25, 0.3) is 10.0 Å². The Bertz CT molecular complexity index is 1400. The lowest BCUT2D eigenvalue weighted by molar-refractivity contribution is 0.162. The third-order valence-electron chi connectivity index (χ3n) is 5.19. The van der Waals surface area contributed by atoms with Gasteiger partial charge in [-0.2, -0.15) is 0 Å². The second-order valence-corrected chi connectivity index (χ2v) is 10.2. The largest absolute Gasteiger partial charge is 0.488 e. The van der Waals surface area contributed by atoms with Crippen LogP contribution < -0.4 is 24.2 Å². The molecule has 1 aliphatic rings. The molecule has 10 heteroatoms. The first kappa shape index (κ1) is 22.5. The second-order valence-electron chi connectivity index (χ2n) is 7.59. The zero-order chi connectivity index (χ0) is 23.4. The van der Waals surface area contributed by atoms with Gasteiger partial charge >= 0.3 is 0 Å². The lowest BCUT2D eigenvalue weighted by Gasteiger charge is -2.20. The van der Waals surface area contributed by atoms with Crippen LogP contribution in [-0.4, -0.2) is 39.8 Å². The summed E-state index contributed by atoms with van der Waals surface area (Å²) in [5, 5.41) is 3.31. The van der Waals surface area contributed by atoms with E-state index in [4.69, 9.17) is 14.2 Å². The van der Waals surface area contributed by atoms with Crippen LogP contribution in [-0.2, 0) is 16.6 Å². The topological polar surface area (TPSA) is 98.8 Å². The van der Waals surface area contributed by atoms with Gasteiger partial charge in [-0.25, -0.2) is 13.4 Å². The van der Waals surface area contributed by atoms with Crippen molar-refractivity contribution < 1.29 is 22.6 Å². The standard InChI is InChI=1S/C24H23N3O5S2/c28-34(29,19-7-8-23-20(14-19)26-16-33-23)27-18-4-1-3-17(13-18)15-25-9-10-30-21-5-2-6-22-24(21)32-12-11-31-22/h1-8,13-14,16,25,27H,9-12,15H2. The molecule has 0 bridgehead atoms. The monoisotopic (exact) mass is 497 g/mol. The Morgan fingerprint density at radius 3 is 2.85 bits per heavy atom. The zero-order valence-electron chi connectivity index (χ0n) is 18.2. The number of para-hydroxylation sites is 1. The molecular formula is C24H23N3O5S2. The van der Waals surface area contributed by atoms with Crippen LogP contribution >= 0.6 is 11.3 Å². The lowest BCUT2D eigenvalue weighted by Crippen LogP contribution is -2.21. The van der Waals surface area contributed by atoms with E-state index in [2.05, 4.69) is 15.0 Å². The first-order chi connectivity index (χ1) is 16.6. The molecule has 176 valence electrons. The minimum Gasteiger partial charge on any atom is -0.488 e. The summed E-state index contributed by atoms with van der Waals surface area (Å²) in [6, 6.07) is 17.8. The molecule has 0 aliphatic carbocycles. The van der Waals surface area contributed by atoms with Crippen molar-refractivity contribution in [3.8, 4) is 17.2 Å². The first-order valence-electron chi connectivity index (χ1n) is 10.8. The molecule has 34 heavy (non-hydrogen) atoms. The predicted octanol–water partition coefficient (Wildman–Crippen LogP) is 4.04. The summed E-state index contributed by atoms with van der Waals surface area (Å²) in [6.45, 7) is 2.66. The maximum absolute atomic E-state index is 12.8. The van der Waals surface area contributed by atoms with Gasteiger partial charge in [0.1, 0.15) is 19.8 Å². The van der Waals surface area contributed by atoms with Gasteiger partial charge in [-0.15, -0.1) is 11.3 Å². The molecule has 0 fully saturated rings. The van der Waals surface area contributed by atoms with E-state index in [-0.39, 0.29) is 4.90 Å². The Balaban J connectivity index is 1.15. The summed E-state index contributed by atoms with van der Waals surface area (Å²) in [4.78, 5) is 4.38. The maximum atomic E-state index is 12.8. The number of thiazole rings is 1. The molecule has 0 amide bonds. The molecule has 0 spiro atoms. The highest BCUT2D eigenvalue weighted by atomic mass is 32.2. The maximum Gasteiger partial charge on any atom is 0.261 e. The number of nitrogens with zero attached hydrogens (tertiary/aromatic N) is 1. The molecular weight excluding hydrogens is 474 g/mol. The molecule has 1 aliphatic heterocycles. The van der Waals surface area contributed by atoms with Gasteiger partial charge < -0.3 is 19.5 Å². The Kier molecular flexibility index (Phi) is 6.52. The van der Waals surface area contributed by atoms with Gasteiger partial charge in [-0.1, -0.05) is 18.2 Å². The van der Waals surface area contributed by atoms with Crippen molar-refractivity contribution in [3.63, 3.8) is 0 Å². The molecule has 0 radical (unpaired) electrons. The molecule has 0 saturated heterocycles. The van der Waals surface area contributed by atoms with Crippen LogP contribution in [0.2, 0.25) is 0 Å². The average molecular weight is 498 g/mol. The van der Waals surface area contributed by atoms with Gasteiger partial charge in [0, 0.05) is 18.8 Å². The van der Waals surface area contributed by atoms with E-state index in [0.717, 1.165) is 10.3 Å². The van der Waals surface area contributed by atoms with Gasteiger partial charge in [0.05, 0.1) is 20.6 Å². The van der Waals surface area contributed by atoms with Crippen LogP contribution in [0.3, 0.4) is 0 Å². The number of benzene rings is 3. The smallest absolute Gasteiger partial charge is 0.261 e. The van der Waals surface area contributed by atoms with Crippen molar-refractivity contribution in [2.45, 2.75) is 11.4 Å². The van der Waals surface area contributed by atoms with E-state index in [1.807, 2.05) is 36.4 Å². The van der Waals surface area contributed by atoms with Crippen molar-refractivity contribution >= 4 is 37.3 Å². The third-order valence-corrected chi connectivity index (χ3v) is 7.38. The molecule has 3 aromatic carbocycles. The molecule has 1 aromatic heterocycles. The minimum absolute atomic E-state index is 0.184. The van der Waals surface area contributed by atoms with Crippen LogP contribution in [0.5, 0.6) is 17.2 Å². The van der Waals surface area contributed by atoms with Crippen molar-refractivity contribution in [2.75, 3.05) is 31.1 Å². The number of ether oxygens (including phenoxy) is 3. The van der Waals surface area contributed by atoms with Crippen molar-refractivity contribution in [2.24, 2.45) is 0 Å². The second kappa shape index (κ2) is 9.88. The van der Waals surface area contributed by atoms with Gasteiger partial charge in [0.15, 0.2) is 11.5 Å². The number of fused-ring (bicyclic) bond motifs is 2. The molecule has 8 nitrogen and oxygen atoms in total. The molecule has 2 heterocycles. The Morgan fingerprint density at radius 1 is 1.03 bits per heavy atom. The molecule has 0 unspecified atom stereocenters. The van der Waals surface area contributed by atoms with Crippen molar-refractivity contribution in [1.82, 2.24) is 10.3 Å². The zero-order valence-corrected chi connectivity index (χ0v) is 19.8. The summed E-state index contributed by atoms with van der Waals surface area (Å²) in [7, 11) is -3.71. The SMILES string of the molecule is O=S(=O)(Nc1cccc(CNCCOc2cccc3c2OCCO3)c1)c1ccc2scnc2c1. The summed E-state index contributed by atoms with van der Waals surface area (Å²) in [5.74, 6) is 2.00. The summed E-state index contributed by atoms with van der Waals surface area (Å²) < 4.78 is 46.3. The summed E-state index contributed by atoms with van der Waals surface area (Å²) >= 11 is 1.47. The average Bonchev–Trinajstić information content (AvgIpc) is 3.32. The molecule has 0 atom stereocenters. The van der Waals surface area contributed by atoms with E-state index in [1.165, 1.54) is 11.3 Å². The van der Waals surface area contributed by atoms with Crippen LogP contribution in [0.1, 0.15) is 5.56 Å². The molecule has 2 N–H and O–H groups in total. The highest BCUT2D eigenvalue weighted by molar-refractivity contribution is 7.92. The first-order valence-corrected chi connectivity index (χ1v) is 13.1. The highest BCUT2D eigenvalue weighted by Gasteiger charge is 2.17. The number of aromatic nitrogens is 1. The van der Waals surface area contributed by atoms with E-state index in [0.29, 0.717) is 61.4 Å². The number of rotatable bonds is 9. The van der Waals surface area contributed by atoms with Crippen LogP contribution in [0, 0.1) is 0 Å².